The van der Waals surface area contributed by atoms with E-state index < -0.39 is 9.74 Å². The molecule has 0 aromatic rings. The minimum atomic E-state index is -0.814. The Morgan fingerprint density at radius 2 is 1.82 bits per heavy atom. The second kappa shape index (κ2) is 6.50. The molecule has 0 bridgehead atoms. The topological polar surface area (TPSA) is 63.6 Å². The van der Waals surface area contributed by atoms with E-state index in [1.165, 1.54) is 0 Å². The monoisotopic (exact) mass is 308 g/mol. The van der Waals surface area contributed by atoms with Crippen molar-refractivity contribution in [2.75, 3.05) is 13.2 Å². The van der Waals surface area contributed by atoms with E-state index in [2.05, 4.69) is 15.9 Å². The van der Waals surface area contributed by atoms with Gasteiger partial charge in [0.15, 0.2) is 5.78 Å². The Morgan fingerprint density at radius 1 is 1.29 bits per heavy atom. The van der Waals surface area contributed by atoms with Gasteiger partial charge >= 0.3 is 5.97 Å². The van der Waals surface area contributed by atoms with Gasteiger partial charge in [-0.2, -0.15) is 0 Å². The number of ether oxygens (including phenoxy) is 1. The standard InChI is InChI=1S/C12H21BrO4/c1-5-17-10(16)11(2,3)8-12(4,13)9(15)6-7-14/h14H,5-8H2,1-4H3. The van der Waals surface area contributed by atoms with Crippen molar-refractivity contribution in [1.82, 2.24) is 0 Å². The van der Waals surface area contributed by atoms with Gasteiger partial charge in [0, 0.05) is 6.42 Å². The summed E-state index contributed by atoms with van der Waals surface area (Å²) in [6, 6.07) is 0. The highest BCUT2D eigenvalue weighted by atomic mass is 79.9. The number of rotatable bonds is 7. The van der Waals surface area contributed by atoms with E-state index in [0.717, 1.165) is 0 Å². The Morgan fingerprint density at radius 3 is 2.24 bits per heavy atom. The molecule has 0 aromatic carbocycles. The highest BCUT2D eigenvalue weighted by Crippen LogP contribution is 2.36. The number of esters is 1. The van der Waals surface area contributed by atoms with Crippen LogP contribution in [0.15, 0.2) is 0 Å². The van der Waals surface area contributed by atoms with Gasteiger partial charge in [-0.25, -0.2) is 0 Å². The van der Waals surface area contributed by atoms with Crippen LogP contribution in [0, 0.1) is 5.41 Å². The maximum absolute atomic E-state index is 11.8. The van der Waals surface area contributed by atoms with Gasteiger partial charge in [0.25, 0.3) is 0 Å². The van der Waals surface area contributed by atoms with Crippen LogP contribution in [0.1, 0.15) is 40.5 Å². The number of alkyl halides is 1. The summed E-state index contributed by atoms with van der Waals surface area (Å²) in [4.78, 5) is 23.5. The number of Topliss-reactive ketones (excluding diaryl/α,β-unsaturated/α-hetero) is 1. The number of ketones is 1. The van der Waals surface area contributed by atoms with Crippen molar-refractivity contribution in [1.29, 1.82) is 0 Å². The first-order valence-corrected chi connectivity index (χ1v) is 6.47. The van der Waals surface area contributed by atoms with Crippen LogP contribution in [0.25, 0.3) is 0 Å². The van der Waals surface area contributed by atoms with Crippen molar-refractivity contribution < 1.29 is 19.4 Å². The van der Waals surface area contributed by atoms with Gasteiger partial charge in [-0.1, -0.05) is 15.9 Å². The Hall–Kier alpha value is -0.420. The number of hydrogen-bond acceptors (Lipinski definition) is 4. The molecule has 0 heterocycles. The first kappa shape index (κ1) is 16.6. The van der Waals surface area contributed by atoms with Crippen LogP contribution in [0.5, 0.6) is 0 Å². The van der Waals surface area contributed by atoms with E-state index in [-0.39, 0.29) is 24.8 Å². The molecule has 1 atom stereocenters. The first-order valence-electron chi connectivity index (χ1n) is 5.67. The quantitative estimate of drug-likeness (QED) is 0.577. The van der Waals surface area contributed by atoms with Crippen molar-refractivity contribution in [3.8, 4) is 0 Å². The Kier molecular flexibility index (Phi) is 6.34. The molecule has 0 fully saturated rings. The van der Waals surface area contributed by atoms with Crippen LogP contribution in [0.2, 0.25) is 0 Å². The van der Waals surface area contributed by atoms with E-state index in [0.29, 0.717) is 13.0 Å². The van der Waals surface area contributed by atoms with Crippen LogP contribution in [-0.4, -0.2) is 34.4 Å². The summed E-state index contributed by atoms with van der Waals surface area (Å²) < 4.78 is 4.16. The van der Waals surface area contributed by atoms with Crippen molar-refractivity contribution in [2.24, 2.45) is 5.41 Å². The predicted molar refractivity (Wildman–Crippen MR) is 69.1 cm³/mol. The molecule has 1 N–H and O–H groups in total. The molecule has 0 aliphatic heterocycles. The fourth-order valence-corrected chi connectivity index (χ4v) is 2.59. The summed E-state index contributed by atoms with van der Waals surface area (Å²) in [6.45, 7) is 7.10. The van der Waals surface area contributed by atoms with E-state index in [1.807, 2.05) is 0 Å². The number of carbonyl (C=O) groups is 2. The zero-order valence-electron chi connectivity index (χ0n) is 10.9. The van der Waals surface area contributed by atoms with Crippen molar-refractivity contribution in [3.05, 3.63) is 0 Å². The highest BCUT2D eigenvalue weighted by molar-refractivity contribution is 9.10. The SMILES string of the molecule is CCOC(=O)C(C)(C)CC(C)(Br)C(=O)CCO. The van der Waals surface area contributed by atoms with Crippen LogP contribution < -0.4 is 0 Å². The third-order valence-corrected chi connectivity index (χ3v) is 3.24. The van der Waals surface area contributed by atoms with Crippen LogP contribution in [0.3, 0.4) is 0 Å². The van der Waals surface area contributed by atoms with Gasteiger partial charge in [-0.3, -0.25) is 9.59 Å². The Bertz CT molecular complexity index is 256. The highest BCUT2D eigenvalue weighted by Gasteiger charge is 2.40. The smallest absolute Gasteiger partial charge is 0.311 e. The molecule has 4 nitrogen and oxygen atoms in total. The summed E-state index contributed by atoms with van der Waals surface area (Å²) in [5.74, 6) is -0.431. The third-order valence-electron chi connectivity index (χ3n) is 2.52. The molecule has 0 spiro atoms. The van der Waals surface area contributed by atoms with Crippen molar-refractivity contribution >= 4 is 27.7 Å². The largest absolute Gasteiger partial charge is 0.466 e. The molecule has 17 heavy (non-hydrogen) atoms. The Labute approximate surface area is 111 Å². The molecule has 1 unspecified atom stereocenters. The summed E-state index contributed by atoms with van der Waals surface area (Å²) in [6.07, 6.45) is 0.415. The summed E-state index contributed by atoms with van der Waals surface area (Å²) >= 11 is 3.34. The fourth-order valence-electron chi connectivity index (χ4n) is 1.69. The molecule has 0 saturated carbocycles. The van der Waals surface area contributed by atoms with Gasteiger partial charge in [0.1, 0.15) is 0 Å². The molecule has 0 rings (SSSR count). The molecule has 0 aromatic heterocycles. The zero-order valence-corrected chi connectivity index (χ0v) is 12.5. The van der Waals surface area contributed by atoms with Gasteiger partial charge in [-0.15, -0.1) is 0 Å². The van der Waals surface area contributed by atoms with Crippen LogP contribution in [-0.2, 0) is 14.3 Å². The number of aliphatic hydroxyl groups is 1. The molecule has 0 amide bonds. The maximum Gasteiger partial charge on any atom is 0.311 e. The average Bonchev–Trinajstić information content (AvgIpc) is 2.16. The first-order chi connectivity index (χ1) is 7.67. The van der Waals surface area contributed by atoms with Crippen molar-refractivity contribution in [2.45, 2.75) is 44.9 Å². The lowest BCUT2D eigenvalue weighted by Crippen LogP contribution is -2.39. The number of aliphatic hydroxyl groups excluding tert-OH is 1. The second-order valence-corrected chi connectivity index (χ2v) is 6.63. The number of carbonyl (C=O) groups excluding carboxylic acids is 2. The van der Waals surface area contributed by atoms with E-state index in [1.54, 1.807) is 27.7 Å². The normalized spacial score (nSPS) is 15.2. The minimum absolute atomic E-state index is 0.0840. The maximum atomic E-state index is 11.8. The Balaban J connectivity index is 4.68. The van der Waals surface area contributed by atoms with Crippen LogP contribution in [0.4, 0.5) is 0 Å². The summed E-state index contributed by atoms with van der Waals surface area (Å²) in [5.41, 5.74) is -0.737. The summed E-state index contributed by atoms with van der Waals surface area (Å²) in [5, 5.41) is 8.76. The van der Waals surface area contributed by atoms with Gasteiger partial charge in [-0.05, 0) is 34.1 Å². The van der Waals surface area contributed by atoms with Crippen molar-refractivity contribution in [3.63, 3.8) is 0 Å². The van der Waals surface area contributed by atoms with E-state index in [4.69, 9.17) is 9.84 Å². The average molecular weight is 309 g/mol. The summed E-state index contributed by atoms with van der Waals surface area (Å²) in [7, 11) is 0. The van der Waals surface area contributed by atoms with Crippen LogP contribution >= 0.6 is 15.9 Å². The lowest BCUT2D eigenvalue weighted by Gasteiger charge is -2.30. The fraction of sp³-hybridized carbons (Fsp3) is 0.833. The lowest BCUT2D eigenvalue weighted by atomic mass is 9.81. The molecule has 5 heteroatoms. The second-order valence-electron chi connectivity index (χ2n) is 4.88. The molecule has 0 aliphatic carbocycles. The zero-order chi connectivity index (χ0) is 13.7. The molecule has 0 aliphatic rings. The number of halogens is 1. The lowest BCUT2D eigenvalue weighted by molar-refractivity contribution is -0.154. The predicted octanol–water partition coefficient (Wildman–Crippen LogP) is 2.07. The number of hydrogen-bond donors (Lipinski definition) is 1. The minimum Gasteiger partial charge on any atom is -0.466 e. The third kappa shape index (κ3) is 5.17. The molecular weight excluding hydrogens is 288 g/mol. The molecular formula is C12H21BrO4. The van der Waals surface area contributed by atoms with Gasteiger partial charge < -0.3 is 9.84 Å². The molecule has 100 valence electrons. The van der Waals surface area contributed by atoms with E-state index in [9.17, 15) is 9.59 Å². The molecule has 0 saturated heterocycles. The van der Waals surface area contributed by atoms with Gasteiger partial charge in [0.05, 0.1) is 23.0 Å². The van der Waals surface area contributed by atoms with E-state index >= 15 is 0 Å². The molecule has 0 radical (unpaired) electrons. The van der Waals surface area contributed by atoms with Gasteiger partial charge in [0.2, 0.25) is 0 Å².